The van der Waals surface area contributed by atoms with Crippen molar-refractivity contribution < 1.29 is 18.1 Å². The summed E-state index contributed by atoms with van der Waals surface area (Å²) in [6.45, 7) is 4.02. The van der Waals surface area contributed by atoms with Crippen LogP contribution in [0.15, 0.2) is 59.5 Å². The molecule has 0 radical (unpaired) electrons. The lowest BCUT2D eigenvalue weighted by molar-refractivity contribution is -0.903. The molecular weight excluding hydrogens is 350 g/mol. The number of hydrogen-bond donors (Lipinski definition) is 2. The summed E-state index contributed by atoms with van der Waals surface area (Å²) < 4.78 is 25.3. The van der Waals surface area contributed by atoms with Gasteiger partial charge in [-0.25, -0.2) is 12.7 Å². The van der Waals surface area contributed by atoms with Crippen molar-refractivity contribution in [2.75, 3.05) is 32.5 Å². The fourth-order valence-corrected chi connectivity index (χ4v) is 3.45. The van der Waals surface area contributed by atoms with Crippen LogP contribution in [0.4, 0.5) is 5.69 Å². The van der Waals surface area contributed by atoms with Crippen LogP contribution in [0, 0.1) is 0 Å². The van der Waals surface area contributed by atoms with E-state index in [9.17, 15) is 13.2 Å². The molecule has 2 N–H and O–H groups in total. The first-order valence-corrected chi connectivity index (χ1v) is 9.97. The van der Waals surface area contributed by atoms with E-state index in [1.54, 1.807) is 12.1 Å². The fourth-order valence-electron chi connectivity index (χ4n) is 2.55. The Morgan fingerprint density at radius 2 is 1.65 bits per heavy atom. The Balaban J connectivity index is 1.96. The molecule has 0 aliphatic carbocycles. The van der Waals surface area contributed by atoms with E-state index in [4.69, 9.17) is 0 Å². The lowest BCUT2D eigenvalue weighted by Crippen LogP contribution is -3.11. The van der Waals surface area contributed by atoms with Crippen molar-refractivity contribution in [3.8, 4) is 0 Å². The van der Waals surface area contributed by atoms with Gasteiger partial charge in [0.2, 0.25) is 10.0 Å². The molecule has 2 rings (SSSR count). The number of benzene rings is 2. The normalized spacial score (nSPS) is 12.8. The number of carbonyl (C=O) groups excluding carboxylic acids is 1. The van der Waals surface area contributed by atoms with Gasteiger partial charge in [0, 0.05) is 25.3 Å². The van der Waals surface area contributed by atoms with E-state index < -0.39 is 10.0 Å². The topological polar surface area (TPSA) is 70.9 Å². The van der Waals surface area contributed by atoms with Crippen LogP contribution in [0.3, 0.4) is 0 Å². The minimum absolute atomic E-state index is 0.0963. The van der Waals surface area contributed by atoms with Crippen molar-refractivity contribution in [1.29, 1.82) is 0 Å². The molecule has 0 fully saturated rings. The van der Waals surface area contributed by atoms with Gasteiger partial charge in [-0.15, -0.1) is 0 Å². The van der Waals surface area contributed by atoms with Crippen LogP contribution in [0.5, 0.6) is 0 Å². The quantitative estimate of drug-likeness (QED) is 0.722. The first-order chi connectivity index (χ1) is 12.3. The van der Waals surface area contributed by atoms with Gasteiger partial charge < -0.3 is 10.2 Å². The van der Waals surface area contributed by atoms with Crippen molar-refractivity contribution >= 4 is 21.6 Å². The number of nitrogens with one attached hydrogen (secondary N) is 2. The third kappa shape index (κ3) is 5.39. The molecule has 0 bridgehead atoms. The largest absolute Gasteiger partial charge is 0.324 e. The van der Waals surface area contributed by atoms with Crippen LogP contribution in [-0.4, -0.2) is 45.8 Å². The second-order valence-corrected chi connectivity index (χ2v) is 8.45. The van der Waals surface area contributed by atoms with E-state index in [1.165, 1.54) is 31.8 Å². The van der Waals surface area contributed by atoms with Crippen molar-refractivity contribution in [2.45, 2.75) is 18.4 Å². The van der Waals surface area contributed by atoms with Crippen LogP contribution in [0.2, 0.25) is 0 Å². The minimum Gasteiger partial charge on any atom is -0.324 e. The molecule has 0 aliphatic rings. The van der Waals surface area contributed by atoms with E-state index in [0.717, 1.165) is 22.3 Å². The molecule has 0 aliphatic heterocycles. The Morgan fingerprint density at radius 3 is 2.19 bits per heavy atom. The third-order valence-electron chi connectivity index (χ3n) is 4.12. The average molecular weight is 377 g/mol. The Morgan fingerprint density at radius 1 is 1.04 bits per heavy atom. The average Bonchev–Trinajstić information content (AvgIpc) is 2.62. The number of amides is 1. The van der Waals surface area contributed by atoms with Gasteiger partial charge >= 0.3 is 0 Å². The molecule has 0 aromatic heterocycles. The monoisotopic (exact) mass is 376 g/mol. The van der Waals surface area contributed by atoms with Gasteiger partial charge in [0.05, 0.1) is 11.4 Å². The number of carbonyl (C=O) groups is 1. The first kappa shape index (κ1) is 20.1. The molecule has 0 saturated heterocycles. The Labute approximate surface area is 155 Å². The van der Waals surface area contributed by atoms with Crippen molar-refractivity contribution in [2.24, 2.45) is 0 Å². The molecule has 1 amide bonds. The summed E-state index contributed by atoms with van der Waals surface area (Å²) in [5.74, 6) is -0.0963. The smallest absolute Gasteiger partial charge is 0.279 e. The highest BCUT2D eigenvalue weighted by Gasteiger charge is 2.17. The SMILES string of the molecule is CC[NH+](CC(=O)Nc1ccc(S(=O)(=O)N(C)C)cc1)Cc1ccccc1. The van der Waals surface area contributed by atoms with Gasteiger partial charge in [0.1, 0.15) is 6.54 Å². The maximum atomic E-state index is 12.3. The Hall–Kier alpha value is -2.22. The van der Waals surface area contributed by atoms with Crippen LogP contribution in [0.25, 0.3) is 0 Å². The number of quaternary nitrogens is 1. The molecule has 2 aromatic carbocycles. The van der Waals surface area contributed by atoms with E-state index in [-0.39, 0.29) is 10.8 Å². The highest BCUT2D eigenvalue weighted by Crippen LogP contribution is 2.16. The Bertz CT molecular complexity index is 819. The standard InChI is InChI=1S/C19H25N3O3S/c1-4-22(14-16-8-6-5-7-9-16)15-19(23)20-17-10-12-18(13-11-17)26(24,25)21(2)3/h5-13H,4,14-15H2,1-3H3,(H,20,23)/p+1. The zero-order valence-electron chi connectivity index (χ0n) is 15.4. The molecule has 0 saturated carbocycles. The lowest BCUT2D eigenvalue weighted by atomic mass is 10.2. The van der Waals surface area contributed by atoms with Gasteiger partial charge in [-0.1, -0.05) is 30.3 Å². The van der Waals surface area contributed by atoms with Crippen molar-refractivity contribution in [3.63, 3.8) is 0 Å². The lowest BCUT2D eigenvalue weighted by Gasteiger charge is -2.17. The predicted octanol–water partition coefficient (Wildman–Crippen LogP) is 0.980. The second kappa shape index (κ2) is 8.93. The number of rotatable bonds is 8. The van der Waals surface area contributed by atoms with Gasteiger partial charge in [0.25, 0.3) is 5.91 Å². The Kier molecular flexibility index (Phi) is 6.90. The van der Waals surface area contributed by atoms with Gasteiger partial charge in [-0.05, 0) is 31.2 Å². The zero-order chi connectivity index (χ0) is 19.2. The molecule has 1 unspecified atom stereocenters. The van der Waals surface area contributed by atoms with Crippen molar-refractivity contribution in [3.05, 3.63) is 60.2 Å². The molecule has 1 atom stereocenters. The summed E-state index contributed by atoms with van der Waals surface area (Å²) in [5, 5.41) is 2.83. The summed E-state index contributed by atoms with van der Waals surface area (Å²) >= 11 is 0. The predicted molar refractivity (Wildman–Crippen MR) is 102 cm³/mol. The molecule has 6 nitrogen and oxygen atoms in total. The summed E-state index contributed by atoms with van der Waals surface area (Å²) in [4.78, 5) is 13.7. The first-order valence-electron chi connectivity index (χ1n) is 8.53. The molecule has 7 heteroatoms. The summed E-state index contributed by atoms with van der Waals surface area (Å²) in [7, 11) is -0.491. The van der Waals surface area contributed by atoms with Gasteiger partial charge in [-0.2, -0.15) is 0 Å². The maximum absolute atomic E-state index is 12.3. The summed E-state index contributed by atoms with van der Waals surface area (Å²) in [5.41, 5.74) is 1.78. The van der Waals surface area contributed by atoms with Crippen LogP contribution >= 0.6 is 0 Å². The highest BCUT2D eigenvalue weighted by atomic mass is 32.2. The molecule has 0 heterocycles. The molecule has 2 aromatic rings. The van der Waals surface area contributed by atoms with E-state index in [2.05, 4.69) is 17.4 Å². The number of sulfonamides is 1. The molecule has 26 heavy (non-hydrogen) atoms. The van der Waals surface area contributed by atoms with E-state index in [0.29, 0.717) is 12.2 Å². The van der Waals surface area contributed by atoms with Crippen LogP contribution in [0.1, 0.15) is 12.5 Å². The molecular formula is C19H26N3O3S+. The van der Waals surface area contributed by atoms with E-state index >= 15 is 0 Å². The van der Waals surface area contributed by atoms with E-state index in [1.807, 2.05) is 25.1 Å². The highest BCUT2D eigenvalue weighted by molar-refractivity contribution is 7.89. The minimum atomic E-state index is -3.46. The molecule has 140 valence electrons. The third-order valence-corrected chi connectivity index (χ3v) is 5.95. The molecule has 0 spiro atoms. The number of hydrogen-bond acceptors (Lipinski definition) is 3. The second-order valence-electron chi connectivity index (χ2n) is 6.30. The number of anilines is 1. The number of likely N-dealkylation sites (N-methyl/N-ethyl adjacent to an activating group) is 1. The van der Waals surface area contributed by atoms with Crippen LogP contribution < -0.4 is 10.2 Å². The maximum Gasteiger partial charge on any atom is 0.279 e. The summed E-state index contributed by atoms with van der Waals surface area (Å²) in [6, 6.07) is 16.3. The summed E-state index contributed by atoms with van der Waals surface area (Å²) in [6.07, 6.45) is 0. The van der Waals surface area contributed by atoms with Gasteiger partial charge in [0.15, 0.2) is 6.54 Å². The fraction of sp³-hybridized carbons (Fsp3) is 0.316. The van der Waals surface area contributed by atoms with Gasteiger partial charge in [-0.3, -0.25) is 4.79 Å². The number of nitrogens with zero attached hydrogens (tertiary/aromatic N) is 1. The van der Waals surface area contributed by atoms with Crippen LogP contribution in [-0.2, 0) is 21.4 Å². The van der Waals surface area contributed by atoms with Crippen molar-refractivity contribution in [1.82, 2.24) is 4.31 Å². The zero-order valence-corrected chi connectivity index (χ0v) is 16.2.